The fraction of sp³-hybridized carbons (Fsp3) is 0.118. The van der Waals surface area contributed by atoms with E-state index in [1.54, 1.807) is 0 Å². The molecule has 6 aromatic rings. The molecule has 0 aliphatic heterocycles. The van der Waals surface area contributed by atoms with E-state index >= 15 is 0 Å². The molecule has 4 heteroatoms. The summed E-state index contributed by atoms with van der Waals surface area (Å²) in [5, 5.41) is 18.3. The predicted octanol–water partition coefficient (Wildman–Crippen LogP) is 8.33. The average molecular weight is 519 g/mol. The van der Waals surface area contributed by atoms with Crippen LogP contribution >= 0.6 is 12.4 Å². The number of aliphatic hydroxyl groups excluding tert-OH is 1. The van der Waals surface area contributed by atoms with Crippen molar-refractivity contribution in [1.29, 1.82) is 0 Å². The van der Waals surface area contributed by atoms with E-state index < -0.39 is 6.10 Å². The summed E-state index contributed by atoms with van der Waals surface area (Å²) in [6, 6.07) is 42.4. The topological polar surface area (TPSA) is 37.2 Å². The Morgan fingerprint density at radius 1 is 0.684 bits per heavy atom. The number of nitrogens with zero attached hydrogens (tertiary/aromatic N) is 1. The molecule has 0 saturated carbocycles. The number of fused-ring (bicyclic) bond motifs is 3. The number of rotatable bonds is 7. The zero-order chi connectivity index (χ0) is 25.2. The molecule has 0 aliphatic carbocycles. The third-order valence-corrected chi connectivity index (χ3v) is 7.04. The fourth-order valence-corrected chi connectivity index (χ4v) is 5.28. The minimum atomic E-state index is -0.582. The standard InChI is InChI=1S/C34H30N2O.ClH/c1-24-16-19-28(20-17-24)35-22-29(37)23-36-33(27-13-6-3-7-14-27)32(26-11-4-2-5-12-26)31-21-18-25-10-8-9-15-30(25)34(31)36;/h2-21,29,35,37H,22-23H2,1H3;1H. The van der Waals surface area contributed by atoms with Gasteiger partial charge in [-0.15, -0.1) is 12.4 Å². The number of aromatic nitrogens is 1. The van der Waals surface area contributed by atoms with Crippen LogP contribution in [-0.2, 0) is 6.54 Å². The van der Waals surface area contributed by atoms with Crippen molar-refractivity contribution in [2.45, 2.75) is 19.6 Å². The summed E-state index contributed by atoms with van der Waals surface area (Å²) in [5.41, 5.74) is 8.04. The first-order chi connectivity index (χ1) is 18.2. The molecule has 38 heavy (non-hydrogen) atoms. The van der Waals surface area contributed by atoms with Gasteiger partial charge < -0.3 is 15.0 Å². The van der Waals surface area contributed by atoms with Crippen LogP contribution in [0.1, 0.15) is 5.56 Å². The second kappa shape index (κ2) is 11.1. The monoisotopic (exact) mass is 518 g/mol. The van der Waals surface area contributed by atoms with Crippen molar-refractivity contribution in [3.05, 3.63) is 127 Å². The van der Waals surface area contributed by atoms with Crippen molar-refractivity contribution in [3.63, 3.8) is 0 Å². The molecule has 3 nitrogen and oxygen atoms in total. The van der Waals surface area contributed by atoms with Gasteiger partial charge >= 0.3 is 0 Å². The minimum Gasteiger partial charge on any atom is -0.389 e. The molecule has 1 aromatic heterocycles. The molecule has 0 bridgehead atoms. The summed E-state index contributed by atoms with van der Waals surface area (Å²) in [5.74, 6) is 0. The Morgan fingerprint density at radius 3 is 2.03 bits per heavy atom. The Balaban J connectivity index is 0.00000294. The number of nitrogens with one attached hydrogen (secondary N) is 1. The minimum absolute atomic E-state index is 0. The van der Waals surface area contributed by atoms with Crippen LogP contribution in [0, 0.1) is 6.92 Å². The lowest BCUT2D eigenvalue weighted by atomic mass is 9.97. The molecule has 1 unspecified atom stereocenters. The third kappa shape index (κ3) is 4.91. The van der Waals surface area contributed by atoms with Gasteiger partial charge in [-0.25, -0.2) is 0 Å². The van der Waals surface area contributed by atoms with Crippen LogP contribution in [0.3, 0.4) is 0 Å². The smallest absolute Gasteiger partial charge is 0.0891 e. The van der Waals surface area contributed by atoms with E-state index in [9.17, 15) is 5.11 Å². The van der Waals surface area contributed by atoms with Gasteiger partial charge in [-0.1, -0.05) is 115 Å². The normalized spacial score (nSPS) is 11.8. The molecule has 0 amide bonds. The van der Waals surface area contributed by atoms with Gasteiger partial charge in [-0.05, 0) is 35.6 Å². The summed E-state index contributed by atoms with van der Waals surface area (Å²) in [4.78, 5) is 0. The maximum atomic E-state index is 11.3. The Labute approximate surface area is 229 Å². The van der Waals surface area contributed by atoms with Crippen molar-refractivity contribution >= 4 is 39.8 Å². The van der Waals surface area contributed by atoms with Crippen LogP contribution in [0.15, 0.2) is 121 Å². The highest BCUT2D eigenvalue weighted by molar-refractivity contribution is 6.15. The van der Waals surface area contributed by atoms with Crippen LogP contribution in [0.2, 0.25) is 0 Å². The predicted molar refractivity (Wildman–Crippen MR) is 163 cm³/mol. The van der Waals surface area contributed by atoms with Crippen molar-refractivity contribution in [2.75, 3.05) is 11.9 Å². The number of anilines is 1. The average Bonchev–Trinajstić information content (AvgIpc) is 3.28. The number of hydrogen-bond acceptors (Lipinski definition) is 2. The Hall–Kier alpha value is -4.05. The van der Waals surface area contributed by atoms with Crippen LogP contribution in [0.25, 0.3) is 44.1 Å². The molecule has 1 atom stereocenters. The van der Waals surface area contributed by atoms with Gasteiger partial charge in [0, 0.05) is 28.6 Å². The highest BCUT2D eigenvalue weighted by Gasteiger charge is 2.23. The molecule has 2 N–H and O–H groups in total. The molecule has 190 valence electrons. The highest BCUT2D eigenvalue weighted by Crippen LogP contribution is 2.43. The largest absolute Gasteiger partial charge is 0.389 e. The number of aryl methyl sites for hydroxylation is 1. The highest BCUT2D eigenvalue weighted by atomic mass is 35.5. The maximum Gasteiger partial charge on any atom is 0.0891 e. The Bertz CT molecular complexity index is 1660. The molecule has 0 spiro atoms. The molecule has 0 fully saturated rings. The summed E-state index contributed by atoms with van der Waals surface area (Å²) in [7, 11) is 0. The van der Waals surface area contributed by atoms with Gasteiger partial charge in [0.25, 0.3) is 0 Å². The SMILES string of the molecule is Cc1ccc(NCC(O)Cn2c(-c3ccccc3)c(-c3ccccc3)c3ccc4ccccc4c32)cc1.Cl. The third-order valence-electron chi connectivity index (χ3n) is 7.04. The second-order valence-electron chi connectivity index (χ2n) is 9.65. The molecule has 1 heterocycles. The van der Waals surface area contributed by atoms with E-state index in [0.717, 1.165) is 22.5 Å². The summed E-state index contributed by atoms with van der Waals surface area (Å²) in [6.45, 7) is 3.01. The lowest BCUT2D eigenvalue weighted by Crippen LogP contribution is -2.25. The van der Waals surface area contributed by atoms with Gasteiger partial charge in [0.05, 0.1) is 23.9 Å². The van der Waals surface area contributed by atoms with Gasteiger partial charge in [-0.3, -0.25) is 0 Å². The Kier molecular flexibility index (Phi) is 7.50. The van der Waals surface area contributed by atoms with Crippen molar-refractivity contribution in [2.24, 2.45) is 0 Å². The van der Waals surface area contributed by atoms with Gasteiger partial charge in [-0.2, -0.15) is 0 Å². The van der Waals surface area contributed by atoms with Crippen molar-refractivity contribution in [3.8, 4) is 22.4 Å². The molecule has 6 rings (SSSR count). The molecular formula is C34H31ClN2O. The lowest BCUT2D eigenvalue weighted by molar-refractivity contribution is 0.169. The van der Waals surface area contributed by atoms with E-state index in [-0.39, 0.29) is 12.4 Å². The number of halogens is 1. The van der Waals surface area contributed by atoms with E-state index in [4.69, 9.17) is 0 Å². The van der Waals surface area contributed by atoms with Gasteiger partial charge in [0.2, 0.25) is 0 Å². The molecule has 0 saturated heterocycles. The second-order valence-corrected chi connectivity index (χ2v) is 9.65. The zero-order valence-corrected chi connectivity index (χ0v) is 22.2. The summed E-state index contributed by atoms with van der Waals surface area (Å²) < 4.78 is 2.33. The number of aliphatic hydroxyl groups is 1. The van der Waals surface area contributed by atoms with E-state index in [1.807, 2.05) is 0 Å². The van der Waals surface area contributed by atoms with Crippen LogP contribution in [-0.4, -0.2) is 22.3 Å². The number of benzene rings is 5. The first-order valence-electron chi connectivity index (χ1n) is 12.8. The van der Waals surface area contributed by atoms with E-state index in [1.165, 1.54) is 32.8 Å². The Morgan fingerprint density at radius 2 is 1.32 bits per heavy atom. The van der Waals surface area contributed by atoms with Crippen molar-refractivity contribution < 1.29 is 5.11 Å². The van der Waals surface area contributed by atoms with Gasteiger partial charge in [0.1, 0.15) is 0 Å². The molecular weight excluding hydrogens is 488 g/mol. The molecule has 5 aromatic carbocycles. The maximum absolute atomic E-state index is 11.3. The van der Waals surface area contributed by atoms with E-state index in [2.05, 4.69) is 138 Å². The van der Waals surface area contributed by atoms with E-state index in [0.29, 0.717) is 13.1 Å². The quantitative estimate of drug-likeness (QED) is 0.223. The molecule has 0 radical (unpaired) electrons. The van der Waals surface area contributed by atoms with Crippen LogP contribution < -0.4 is 5.32 Å². The zero-order valence-electron chi connectivity index (χ0n) is 21.3. The van der Waals surface area contributed by atoms with Crippen molar-refractivity contribution in [1.82, 2.24) is 4.57 Å². The fourth-order valence-electron chi connectivity index (χ4n) is 5.28. The molecule has 0 aliphatic rings. The van der Waals surface area contributed by atoms with Crippen LogP contribution in [0.4, 0.5) is 5.69 Å². The van der Waals surface area contributed by atoms with Gasteiger partial charge in [0.15, 0.2) is 0 Å². The number of hydrogen-bond donors (Lipinski definition) is 2. The first kappa shape index (κ1) is 25.6. The van der Waals surface area contributed by atoms with Crippen LogP contribution in [0.5, 0.6) is 0 Å². The lowest BCUT2D eigenvalue weighted by Gasteiger charge is -2.18. The summed E-state index contributed by atoms with van der Waals surface area (Å²) in [6.07, 6.45) is -0.582. The summed E-state index contributed by atoms with van der Waals surface area (Å²) >= 11 is 0. The first-order valence-corrected chi connectivity index (χ1v) is 12.8.